The van der Waals surface area contributed by atoms with E-state index in [0.717, 1.165) is 16.3 Å². The number of amides is 1. The van der Waals surface area contributed by atoms with E-state index in [0.29, 0.717) is 12.3 Å². The van der Waals surface area contributed by atoms with Crippen LogP contribution in [-0.4, -0.2) is 26.3 Å². The molecule has 1 heterocycles. The number of hydrogen-bond donors (Lipinski definition) is 2. The summed E-state index contributed by atoms with van der Waals surface area (Å²) < 4.78 is 2.06. The minimum absolute atomic E-state index is 0.0240. The highest BCUT2D eigenvalue weighted by Crippen LogP contribution is 2.23. The van der Waals surface area contributed by atoms with Gasteiger partial charge in [0.2, 0.25) is 5.91 Å². The second kappa shape index (κ2) is 7.66. The van der Waals surface area contributed by atoms with Crippen molar-refractivity contribution in [3.05, 3.63) is 47.8 Å². The fraction of sp³-hybridized carbons (Fsp3) is 0.412. The molecule has 23 heavy (non-hydrogen) atoms. The standard InChI is InChI=1S/C17H23N3O2S/c1-17(2,3)20-9-8-18-16(20)23-12-15(22)19-10-13-6-4-5-7-14(13)11-21/h4-9,21H,10-12H2,1-3H3,(H,19,22). The van der Waals surface area contributed by atoms with Crippen LogP contribution in [0.4, 0.5) is 0 Å². The average molecular weight is 333 g/mol. The molecule has 2 N–H and O–H groups in total. The molecule has 0 atom stereocenters. The van der Waals surface area contributed by atoms with Crippen molar-refractivity contribution in [3.8, 4) is 0 Å². The Morgan fingerprint density at radius 2 is 2.00 bits per heavy atom. The van der Waals surface area contributed by atoms with Gasteiger partial charge in [0, 0.05) is 24.5 Å². The maximum Gasteiger partial charge on any atom is 0.230 e. The molecule has 0 fully saturated rings. The Kier molecular flexibility index (Phi) is 5.85. The van der Waals surface area contributed by atoms with E-state index >= 15 is 0 Å². The van der Waals surface area contributed by atoms with Gasteiger partial charge in [-0.3, -0.25) is 4.79 Å². The molecule has 6 heteroatoms. The molecule has 5 nitrogen and oxygen atoms in total. The first-order valence-electron chi connectivity index (χ1n) is 7.53. The van der Waals surface area contributed by atoms with Crippen LogP contribution in [-0.2, 0) is 23.5 Å². The van der Waals surface area contributed by atoms with Crippen molar-refractivity contribution in [1.29, 1.82) is 0 Å². The summed E-state index contributed by atoms with van der Waals surface area (Å²) in [6.45, 7) is 6.70. The van der Waals surface area contributed by atoms with E-state index in [-0.39, 0.29) is 18.1 Å². The van der Waals surface area contributed by atoms with E-state index in [1.54, 1.807) is 6.20 Å². The number of imidazole rings is 1. The number of rotatable bonds is 6. The predicted molar refractivity (Wildman–Crippen MR) is 92.2 cm³/mol. The van der Waals surface area contributed by atoms with Crippen molar-refractivity contribution in [2.75, 3.05) is 5.75 Å². The lowest BCUT2D eigenvalue weighted by atomic mass is 10.1. The van der Waals surface area contributed by atoms with E-state index in [9.17, 15) is 9.90 Å². The van der Waals surface area contributed by atoms with Crippen LogP contribution in [0, 0.1) is 0 Å². The third-order valence-electron chi connectivity index (χ3n) is 3.43. The lowest BCUT2D eigenvalue weighted by Crippen LogP contribution is -2.26. The van der Waals surface area contributed by atoms with Crippen LogP contribution < -0.4 is 5.32 Å². The molecule has 0 spiro atoms. The fourth-order valence-corrected chi connectivity index (χ4v) is 3.14. The van der Waals surface area contributed by atoms with Crippen molar-refractivity contribution in [3.63, 3.8) is 0 Å². The summed E-state index contributed by atoms with van der Waals surface area (Å²) in [6.07, 6.45) is 3.68. The normalized spacial score (nSPS) is 11.5. The second-order valence-electron chi connectivity index (χ2n) is 6.24. The summed E-state index contributed by atoms with van der Waals surface area (Å²) in [4.78, 5) is 16.4. The summed E-state index contributed by atoms with van der Waals surface area (Å²) in [6, 6.07) is 7.54. The van der Waals surface area contributed by atoms with Crippen LogP contribution in [0.2, 0.25) is 0 Å². The van der Waals surface area contributed by atoms with E-state index < -0.39 is 0 Å². The predicted octanol–water partition coefficient (Wildman–Crippen LogP) is 2.54. The molecule has 0 unspecified atom stereocenters. The highest BCUT2D eigenvalue weighted by atomic mass is 32.2. The summed E-state index contributed by atoms with van der Waals surface area (Å²) in [5.41, 5.74) is 1.71. The van der Waals surface area contributed by atoms with Gasteiger partial charge in [-0.2, -0.15) is 0 Å². The Bertz CT molecular complexity index is 662. The van der Waals surface area contributed by atoms with Crippen LogP contribution in [0.25, 0.3) is 0 Å². The van der Waals surface area contributed by atoms with Crippen LogP contribution in [0.1, 0.15) is 31.9 Å². The fourth-order valence-electron chi connectivity index (χ4n) is 2.17. The number of thioether (sulfide) groups is 1. The molecule has 1 amide bonds. The van der Waals surface area contributed by atoms with Crippen LogP contribution in [0.3, 0.4) is 0 Å². The van der Waals surface area contributed by atoms with Crippen LogP contribution in [0.5, 0.6) is 0 Å². The quantitative estimate of drug-likeness (QED) is 0.797. The van der Waals surface area contributed by atoms with Gasteiger partial charge in [0.25, 0.3) is 0 Å². The van der Waals surface area contributed by atoms with Gasteiger partial charge in [-0.25, -0.2) is 4.98 Å². The smallest absolute Gasteiger partial charge is 0.230 e. The molecular formula is C17H23N3O2S. The second-order valence-corrected chi connectivity index (χ2v) is 7.19. The topological polar surface area (TPSA) is 67.2 Å². The molecule has 1 aromatic heterocycles. The molecule has 0 aliphatic carbocycles. The average Bonchev–Trinajstić information content (AvgIpc) is 3.00. The number of hydrogen-bond acceptors (Lipinski definition) is 4. The van der Waals surface area contributed by atoms with Crippen molar-refractivity contribution >= 4 is 17.7 Å². The maximum atomic E-state index is 12.0. The Morgan fingerprint density at radius 1 is 1.30 bits per heavy atom. The van der Waals surface area contributed by atoms with E-state index in [1.165, 1.54) is 11.8 Å². The van der Waals surface area contributed by atoms with E-state index in [2.05, 4.69) is 35.6 Å². The first-order valence-corrected chi connectivity index (χ1v) is 8.51. The minimum atomic E-state index is -0.0601. The third-order valence-corrected chi connectivity index (χ3v) is 4.39. The highest BCUT2D eigenvalue weighted by molar-refractivity contribution is 7.99. The van der Waals surface area contributed by atoms with Crippen molar-refractivity contribution in [2.24, 2.45) is 0 Å². The molecule has 0 saturated carbocycles. The monoisotopic (exact) mass is 333 g/mol. The van der Waals surface area contributed by atoms with E-state index in [1.807, 2.05) is 30.5 Å². The number of carbonyl (C=O) groups is 1. The zero-order valence-electron chi connectivity index (χ0n) is 13.7. The zero-order valence-corrected chi connectivity index (χ0v) is 14.6. The molecule has 0 aliphatic rings. The van der Waals surface area contributed by atoms with Crippen molar-refractivity contribution < 1.29 is 9.90 Å². The summed E-state index contributed by atoms with van der Waals surface area (Å²) in [7, 11) is 0. The number of aliphatic hydroxyl groups is 1. The molecule has 0 saturated heterocycles. The van der Waals surface area contributed by atoms with Gasteiger partial charge in [-0.05, 0) is 31.9 Å². The lowest BCUT2D eigenvalue weighted by molar-refractivity contribution is -0.118. The van der Waals surface area contributed by atoms with Crippen LogP contribution in [0.15, 0.2) is 41.8 Å². The number of aliphatic hydroxyl groups excluding tert-OH is 1. The number of nitrogens with zero attached hydrogens (tertiary/aromatic N) is 2. The molecule has 2 rings (SSSR count). The summed E-state index contributed by atoms with van der Waals surface area (Å²) in [5.74, 6) is 0.264. The van der Waals surface area contributed by atoms with Gasteiger partial charge in [-0.1, -0.05) is 36.0 Å². The first-order chi connectivity index (χ1) is 10.9. The van der Waals surface area contributed by atoms with Gasteiger partial charge < -0.3 is 15.0 Å². The molecule has 2 aromatic rings. The molecule has 0 bridgehead atoms. The zero-order chi connectivity index (χ0) is 16.9. The van der Waals surface area contributed by atoms with Gasteiger partial charge in [-0.15, -0.1) is 0 Å². The molecule has 0 radical (unpaired) electrons. The number of nitrogens with one attached hydrogen (secondary N) is 1. The number of aromatic nitrogens is 2. The number of carbonyl (C=O) groups excluding carboxylic acids is 1. The largest absolute Gasteiger partial charge is 0.392 e. The van der Waals surface area contributed by atoms with E-state index in [4.69, 9.17) is 0 Å². The van der Waals surface area contributed by atoms with Gasteiger partial charge in [0.15, 0.2) is 5.16 Å². The third kappa shape index (κ3) is 4.84. The molecular weight excluding hydrogens is 310 g/mol. The highest BCUT2D eigenvalue weighted by Gasteiger charge is 2.17. The lowest BCUT2D eigenvalue weighted by Gasteiger charge is -2.22. The van der Waals surface area contributed by atoms with Crippen molar-refractivity contribution in [2.45, 2.75) is 44.6 Å². The molecule has 1 aromatic carbocycles. The van der Waals surface area contributed by atoms with Gasteiger partial charge >= 0.3 is 0 Å². The summed E-state index contributed by atoms with van der Waals surface area (Å²) in [5, 5.41) is 13.0. The minimum Gasteiger partial charge on any atom is -0.392 e. The van der Waals surface area contributed by atoms with Crippen molar-refractivity contribution in [1.82, 2.24) is 14.9 Å². The summed E-state index contributed by atoms with van der Waals surface area (Å²) >= 11 is 1.42. The Balaban J connectivity index is 1.88. The molecule has 0 aliphatic heterocycles. The van der Waals surface area contributed by atoms with Gasteiger partial charge in [0.05, 0.1) is 12.4 Å². The Morgan fingerprint density at radius 3 is 2.65 bits per heavy atom. The SMILES string of the molecule is CC(C)(C)n1ccnc1SCC(=O)NCc1ccccc1CO. The maximum absolute atomic E-state index is 12.0. The molecule has 124 valence electrons. The van der Waals surface area contributed by atoms with Gasteiger partial charge in [0.1, 0.15) is 0 Å². The Labute approximate surface area is 141 Å². The van der Waals surface area contributed by atoms with Crippen LogP contribution >= 0.6 is 11.8 Å². The Hall–Kier alpha value is -1.79. The first kappa shape index (κ1) is 17.6. The number of benzene rings is 1.